The summed E-state index contributed by atoms with van der Waals surface area (Å²) in [5.74, 6) is 0.873. The fraction of sp³-hybridized carbons (Fsp3) is 0.0870. The Morgan fingerprint density at radius 2 is 1.91 bits per heavy atom. The van der Waals surface area contributed by atoms with E-state index in [2.05, 4.69) is 10.4 Å². The molecule has 0 saturated carbocycles. The molecule has 9 heteroatoms. The molecule has 0 aliphatic carbocycles. The Bertz CT molecular complexity index is 1440. The minimum absolute atomic E-state index is 0.208. The van der Waals surface area contributed by atoms with Crippen LogP contribution >= 0.6 is 23.2 Å². The van der Waals surface area contributed by atoms with Crippen molar-refractivity contribution < 1.29 is 9.21 Å². The van der Waals surface area contributed by atoms with Gasteiger partial charge in [-0.15, -0.1) is 0 Å². The van der Waals surface area contributed by atoms with Gasteiger partial charge in [-0.3, -0.25) is 4.79 Å². The Morgan fingerprint density at radius 3 is 2.69 bits per heavy atom. The van der Waals surface area contributed by atoms with E-state index in [-0.39, 0.29) is 11.7 Å². The molecule has 1 N–H and O–H groups in total. The van der Waals surface area contributed by atoms with Gasteiger partial charge in [0.1, 0.15) is 5.82 Å². The number of nitrogens with one attached hydrogen (secondary N) is 1. The highest BCUT2D eigenvalue weighted by atomic mass is 35.5. The number of hydrogen-bond acceptors (Lipinski definition) is 4. The number of benzene rings is 2. The van der Waals surface area contributed by atoms with Crippen LogP contribution in [0, 0.1) is 6.92 Å². The monoisotopic (exact) mass is 465 g/mol. The maximum atomic E-state index is 12.6. The van der Waals surface area contributed by atoms with Gasteiger partial charge in [-0.1, -0.05) is 41.4 Å². The Hall–Kier alpha value is -3.55. The number of imidazole rings is 1. The van der Waals surface area contributed by atoms with Crippen molar-refractivity contribution in [2.75, 3.05) is 5.32 Å². The molecule has 32 heavy (non-hydrogen) atoms. The number of hydrogen-bond donors (Lipinski definition) is 1. The van der Waals surface area contributed by atoms with Gasteiger partial charge in [0.05, 0.1) is 39.6 Å². The lowest BCUT2D eigenvalue weighted by atomic mass is 10.2. The first-order valence-electron chi connectivity index (χ1n) is 9.81. The van der Waals surface area contributed by atoms with E-state index in [4.69, 9.17) is 32.6 Å². The molecule has 0 unspecified atom stereocenters. The molecule has 160 valence electrons. The first-order valence-corrected chi connectivity index (χ1v) is 10.6. The number of anilines is 1. The predicted octanol–water partition coefficient (Wildman–Crippen LogP) is 5.73. The molecule has 0 saturated heterocycles. The first-order chi connectivity index (χ1) is 15.5. The molecule has 0 spiro atoms. The topological polar surface area (TPSA) is 77.9 Å². The summed E-state index contributed by atoms with van der Waals surface area (Å²) in [6.45, 7) is 2.34. The lowest BCUT2D eigenvalue weighted by Crippen LogP contribution is -2.17. The second-order valence-electron chi connectivity index (χ2n) is 7.25. The van der Waals surface area contributed by atoms with Crippen molar-refractivity contribution in [3.05, 3.63) is 94.0 Å². The lowest BCUT2D eigenvalue weighted by Gasteiger charge is -2.12. The van der Waals surface area contributed by atoms with E-state index in [0.29, 0.717) is 28.4 Å². The van der Waals surface area contributed by atoms with E-state index < -0.39 is 0 Å². The van der Waals surface area contributed by atoms with Gasteiger partial charge in [-0.25, -0.2) is 4.98 Å². The van der Waals surface area contributed by atoms with E-state index >= 15 is 0 Å². The quantitative estimate of drug-likeness (QED) is 0.359. The van der Waals surface area contributed by atoms with Crippen LogP contribution in [0.1, 0.15) is 21.8 Å². The average Bonchev–Trinajstić information content (AvgIpc) is 3.50. The summed E-state index contributed by atoms with van der Waals surface area (Å²) in [7, 11) is 0. The Balaban J connectivity index is 1.61. The zero-order chi connectivity index (χ0) is 22.2. The normalized spacial score (nSPS) is 11.2. The second-order valence-corrected chi connectivity index (χ2v) is 8.06. The van der Waals surface area contributed by atoms with Crippen molar-refractivity contribution in [2.45, 2.75) is 13.5 Å². The molecule has 0 aliphatic heterocycles. The Kier molecular flexibility index (Phi) is 5.20. The van der Waals surface area contributed by atoms with Gasteiger partial charge in [-0.05, 0) is 48.9 Å². The number of carbonyl (C=O) groups excluding carboxylic acids is 1. The van der Waals surface area contributed by atoms with Crippen LogP contribution in [0.3, 0.4) is 0 Å². The Labute approximate surface area is 193 Å². The third-order valence-electron chi connectivity index (χ3n) is 4.97. The van der Waals surface area contributed by atoms with Gasteiger partial charge >= 0.3 is 0 Å². The number of fused-ring (bicyclic) bond motifs is 1. The van der Waals surface area contributed by atoms with Gasteiger partial charge < -0.3 is 14.3 Å². The minimum Gasteiger partial charge on any atom is -0.459 e. The maximum absolute atomic E-state index is 12.6. The molecule has 0 aliphatic rings. The van der Waals surface area contributed by atoms with Crippen LogP contribution < -0.4 is 5.32 Å². The molecule has 0 radical (unpaired) electrons. The summed E-state index contributed by atoms with van der Waals surface area (Å²) in [5.41, 5.74) is 3.41. The van der Waals surface area contributed by atoms with Crippen LogP contribution in [0.15, 0.2) is 71.3 Å². The fourth-order valence-electron chi connectivity index (χ4n) is 3.53. The number of aromatic nitrogens is 4. The number of halogens is 2. The largest absolute Gasteiger partial charge is 0.459 e. The summed E-state index contributed by atoms with van der Waals surface area (Å²) < 4.78 is 8.84. The van der Waals surface area contributed by atoms with E-state index in [1.807, 2.05) is 47.9 Å². The van der Waals surface area contributed by atoms with E-state index in [9.17, 15) is 4.79 Å². The first kappa shape index (κ1) is 20.4. The van der Waals surface area contributed by atoms with Gasteiger partial charge in [0, 0.05) is 6.07 Å². The summed E-state index contributed by atoms with van der Waals surface area (Å²) in [4.78, 5) is 17.4. The summed E-state index contributed by atoms with van der Waals surface area (Å²) in [6, 6.07) is 18.4. The molecule has 5 rings (SSSR count). The highest BCUT2D eigenvalue weighted by Gasteiger charge is 2.20. The molecule has 1 amide bonds. The molecule has 0 bridgehead atoms. The van der Waals surface area contributed by atoms with E-state index in [0.717, 1.165) is 22.3 Å². The van der Waals surface area contributed by atoms with Crippen molar-refractivity contribution in [1.29, 1.82) is 0 Å². The highest BCUT2D eigenvalue weighted by molar-refractivity contribution is 6.42. The summed E-state index contributed by atoms with van der Waals surface area (Å²) in [6.07, 6.45) is 1.45. The van der Waals surface area contributed by atoms with Gasteiger partial charge in [0.15, 0.2) is 5.76 Å². The summed E-state index contributed by atoms with van der Waals surface area (Å²) >= 11 is 12.3. The van der Waals surface area contributed by atoms with Crippen LogP contribution in [-0.4, -0.2) is 25.2 Å². The summed E-state index contributed by atoms with van der Waals surface area (Å²) in [5, 5.41) is 8.43. The highest BCUT2D eigenvalue weighted by Crippen LogP contribution is 2.27. The van der Waals surface area contributed by atoms with E-state index in [1.54, 1.807) is 28.9 Å². The number of para-hydroxylation sites is 2. The van der Waals surface area contributed by atoms with Crippen molar-refractivity contribution in [3.63, 3.8) is 0 Å². The number of furan rings is 1. The van der Waals surface area contributed by atoms with Crippen LogP contribution in [-0.2, 0) is 6.54 Å². The predicted molar refractivity (Wildman–Crippen MR) is 124 cm³/mol. The molecular weight excluding hydrogens is 449 g/mol. The zero-order valence-corrected chi connectivity index (χ0v) is 18.4. The third kappa shape index (κ3) is 3.77. The fourth-order valence-corrected chi connectivity index (χ4v) is 3.85. The molecule has 2 aromatic carbocycles. The van der Waals surface area contributed by atoms with Gasteiger partial charge in [0.2, 0.25) is 5.95 Å². The number of amides is 1. The van der Waals surface area contributed by atoms with Gasteiger partial charge in [-0.2, -0.15) is 9.78 Å². The van der Waals surface area contributed by atoms with Crippen LogP contribution in [0.4, 0.5) is 5.82 Å². The van der Waals surface area contributed by atoms with Crippen molar-refractivity contribution in [1.82, 2.24) is 19.3 Å². The molecular formula is C23H17Cl2N5O2. The Morgan fingerprint density at radius 1 is 1.06 bits per heavy atom. The van der Waals surface area contributed by atoms with Crippen molar-refractivity contribution in [2.24, 2.45) is 0 Å². The molecule has 0 fully saturated rings. The molecule has 3 aromatic heterocycles. The minimum atomic E-state index is -0.372. The standard InChI is InChI=1S/C23H17Cl2N5O2/c1-14-11-21(27-22(31)20-7-4-10-32-20)30(28-14)23-26-18-5-2-3-6-19(18)29(23)13-15-8-9-16(24)17(25)12-15/h2-12H,13H2,1H3,(H,27,31). The smallest absolute Gasteiger partial charge is 0.292 e. The number of rotatable bonds is 5. The van der Waals surface area contributed by atoms with Crippen molar-refractivity contribution >= 4 is 46.0 Å². The SMILES string of the molecule is Cc1cc(NC(=O)c2ccco2)n(-c2nc3ccccc3n2Cc2ccc(Cl)c(Cl)c2)n1. The molecule has 0 atom stereocenters. The van der Waals surface area contributed by atoms with Crippen LogP contribution in [0.2, 0.25) is 10.0 Å². The van der Waals surface area contributed by atoms with Crippen LogP contribution in [0.5, 0.6) is 0 Å². The van der Waals surface area contributed by atoms with E-state index in [1.165, 1.54) is 6.26 Å². The number of aryl methyl sites for hydroxylation is 1. The second kappa shape index (κ2) is 8.18. The van der Waals surface area contributed by atoms with Crippen LogP contribution in [0.25, 0.3) is 17.0 Å². The molecule has 7 nitrogen and oxygen atoms in total. The third-order valence-corrected chi connectivity index (χ3v) is 5.71. The average molecular weight is 466 g/mol. The molecule has 3 heterocycles. The number of nitrogens with zero attached hydrogens (tertiary/aromatic N) is 4. The number of carbonyl (C=O) groups is 1. The maximum Gasteiger partial charge on any atom is 0.292 e. The lowest BCUT2D eigenvalue weighted by molar-refractivity contribution is 0.0996. The molecule has 5 aromatic rings. The van der Waals surface area contributed by atoms with Gasteiger partial charge in [0.25, 0.3) is 5.91 Å². The van der Waals surface area contributed by atoms with Crippen molar-refractivity contribution in [3.8, 4) is 5.95 Å². The zero-order valence-electron chi connectivity index (χ0n) is 16.9.